The Balaban J connectivity index is 1.91. The fourth-order valence-electron chi connectivity index (χ4n) is 3.59. The van der Waals surface area contributed by atoms with E-state index in [-0.39, 0.29) is 33.7 Å². The van der Waals surface area contributed by atoms with Crippen molar-refractivity contribution in [3.63, 3.8) is 0 Å². The molecule has 0 saturated heterocycles. The first kappa shape index (κ1) is 26.1. The van der Waals surface area contributed by atoms with E-state index in [0.29, 0.717) is 6.92 Å². The third kappa shape index (κ3) is 5.00. The predicted octanol–water partition coefficient (Wildman–Crippen LogP) is 5.21. The van der Waals surface area contributed by atoms with Crippen LogP contribution >= 0.6 is 0 Å². The minimum absolute atomic E-state index is 0.000702. The van der Waals surface area contributed by atoms with Gasteiger partial charge in [-0.3, -0.25) is 9.55 Å². The maximum absolute atomic E-state index is 13.4. The summed E-state index contributed by atoms with van der Waals surface area (Å²) in [5, 5.41) is 10.0. The molecule has 3 aromatic heterocycles. The lowest BCUT2D eigenvalue weighted by Gasteiger charge is -2.17. The average molecular weight is 539 g/mol. The Hall–Kier alpha value is -3.96. The molecule has 0 aliphatic rings. The molecule has 1 aromatic carbocycles. The van der Waals surface area contributed by atoms with Gasteiger partial charge in [-0.1, -0.05) is 12.1 Å². The Morgan fingerprint density at radius 1 is 1.03 bits per heavy atom. The summed E-state index contributed by atoms with van der Waals surface area (Å²) < 4.78 is 106. The first-order valence-electron chi connectivity index (χ1n) is 10.4. The molecule has 0 bridgehead atoms. The topological polar surface area (TPSA) is 101 Å². The third-order valence-electron chi connectivity index (χ3n) is 5.40. The van der Waals surface area contributed by atoms with E-state index in [2.05, 4.69) is 9.97 Å². The van der Waals surface area contributed by atoms with Gasteiger partial charge in [0, 0.05) is 17.8 Å². The number of alkyl halides is 6. The number of sulfonamides is 1. The van der Waals surface area contributed by atoms with Crippen molar-refractivity contribution in [3.05, 3.63) is 72.1 Å². The molecule has 0 aliphatic carbocycles. The second-order valence-corrected chi connectivity index (χ2v) is 9.57. The normalized spacial score (nSPS) is 13.5. The summed E-state index contributed by atoms with van der Waals surface area (Å²) >= 11 is 0. The van der Waals surface area contributed by atoms with Crippen molar-refractivity contribution < 1.29 is 34.8 Å². The largest absolute Gasteiger partial charge is 0.416 e. The number of nitrogens with zero attached hydrogens (tertiary/aromatic N) is 4. The number of hydrogen-bond acceptors (Lipinski definition) is 5. The smallest absolute Gasteiger partial charge is 0.291 e. The van der Waals surface area contributed by atoms with Crippen LogP contribution < -0.4 is 4.72 Å². The molecule has 0 amide bonds. The second-order valence-electron chi connectivity index (χ2n) is 7.85. The van der Waals surface area contributed by atoms with Crippen molar-refractivity contribution >= 4 is 20.9 Å². The van der Waals surface area contributed by atoms with Crippen molar-refractivity contribution in [2.45, 2.75) is 30.2 Å². The van der Waals surface area contributed by atoms with Crippen LogP contribution in [-0.4, -0.2) is 35.2 Å². The molecule has 4 rings (SSSR count). The van der Waals surface area contributed by atoms with E-state index in [0.717, 1.165) is 36.5 Å². The lowest BCUT2D eigenvalue weighted by molar-refractivity contribution is -0.147. The van der Waals surface area contributed by atoms with Crippen LogP contribution in [0.25, 0.3) is 28.1 Å². The van der Waals surface area contributed by atoms with Gasteiger partial charge < -0.3 is 0 Å². The molecule has 37 heavy (non-hydrogen) atoms. The number of rotatable bonds is 5. The molecule has 1 N–H and O–H groups in total. The van der Waals surface area contributed by atoms with Gasteiger partial charge in [0.15, 0.2) is 0 Å². The molecule has 0 fully saturated rings. The van der Waals surface area contributed by atoms with Crippen molar-refractivity contribution in [1.82, 2.24) is 19.3 Å². The molecule has 0 radical (unpaired) electrons. The molecule has 0 spiro atoms. The molecule has 14 heteroatoms. The maximum atomic E-state index is 13.4. The quantitative estimate of drug-likeness (QED) is 0.351. The van der Waals surface area contributed by atoms with Gasteiger partial charge in [-0.15, -0.1) is 0 Å². The molecule has 0 saturated carbocycles. The number of aromatic nitrogens is 3. The standard InChI is InChI=1S/C23H15F6N5O2S/c1-13(22(24,25)26)33-37(35,36)15-6-8-18(32-12-15)21-17(11-30)16-7-5-14(23(27,28)29)10-19(16)34(21)20-4-2-3-9-31-20/h2-10,12-13,33H,1H3/t13-/m0/s1. The fraction of sp³-hybridized carbons (Fsp3) is 0.174. The van der Waals surface area contributed by atoms with Crippen LogP contribution in [0.1, 0.15) is 18.1 Å². The van der Waals surface area contributed by atoms with Crippen LogP contribution in [0.5, 0.6) is 0 Å². The van der Waals surface area contributed by atoms with E-state index in [9.17, 15) is 40.0 Å². The third-order valence-corrected chi connectivity index (χ3v) is 6.92. The summed E-state index contributed by atoms with van der Waals surface area (Å²) in [6.45, 7) is 0.638. The highest BCUT2D eigenvalue weighted by Gasteiger charge is 2.39. The Morgan fingerprint density at radius 3 is 2.30 bits per heavy atom. The molecular formula is C23H15F6N5O2S. The predicted molar refractivity (Wildman–Crippen MR) is 120 cm³/mol. The second kappa shape index (κ2) is 9.16. The van der Waals surface area contributed by atoms with Crippen molar-refractivity contribution in [1.29, 1.82) is 5.26 Å². The Labute approximate surface area is 206 Å². The van der Waals surface area contributed by atoms with Crippen molar-refractivity contribution in [2.24, 2.45) is 0 Å². The van der Waals surface area contributed by atoms with E-state index in [4.69, 9.17) is 0 Å². The highest BCUT2D eigenvalue weighted by molar-refractivity contribution is 7.89. The highest BCUT2D eigenvalue weighted by atomic mass is 32.2. The number of pyridine rings is 2. The van der Waals surface area contributed by atoms with E-state index in [1.807, 2.05) is 6.07 Å². The molecule has 192 valence electrons. The van der Waals surface area contributed by atoms with Crippen LogP contribution in [0, 0.1) is 11.3 Å². The Bertz CT molecular complexity index is 1610. The van der Waals surface area contributed by atoms with E-state index < -0.39 is 38.9 Å². The molecule has 1 atom stereocenters. The number of nitriles is 1. The zero-order valence-electron chi connectivity index (χ0n) is 18.6. The van der Waals surface area contributed by atoms with Gasteiger partial charge in [0.05, 0.1) is 28.0 Å². The molecule has 7 nitrogen and oxygen atoms in total. The lowest BCUT2D eigenvalue weighted by atomic mass is 10.1. The van der Waals surface area contributed by atoms with Crippen molar-refractivity contribution in [3.8, 4) is 23.3 Å². The summed E-state index contributed by atoms with van der Waals surface area (Å²) in [4.78, 5) is 7.61. The van der Waals surface area contributed by atoms with Crippen LogP contribution in [0.15, 0.2) is 65.8 Å². The molecule has 0 aliphatic heterocycles. The maximum Gasteiger partial charge on any atom is 0.416 e. The SMILES string of the molecule is C[C@H](NS(=O)(=O)c1ccc(-c2c(C#N)c3ccc(C(F)(F)F)cc3n2-c2ccccn2)nc1)C(F)(F)F. The summed E-state index contributed by atoms with van der Waals surface area (Å²) in [5.74, 6) is 0.155. The molecule has 0 unspecified atom stereocenters. The van der Waals surface area contributed by atoms with Gasteiger partial charge >= 0.3 is 12.4 Å². The lowest BCUT2D eigenvalue weighted by Crippen LogP contribution is -2.42. The number of benzene rings is 1. The number of nitrogens with one attached hydrogen (secondary N) is 1. The van der Waals surface area contributed by atoms with E-state index in [1.165, 1.54) is 21.6 Å². The monoisotopic (exact) mass is 539 g/mol. The number of hydrogen-bond donors (Lipinski definition) is 1. The molecule has 3 heterocycles. The average Bonchev–Trinajstić information content (AvgIpc) is 3.17. The first-order valence-corrected chi connectivity index (χ1v) is 11.8. The summed E-state index contributed by atoms with van der Waals surface area (Å²) in [6.07, 6.45) is -7.30. The zero-order valence-corrected chi connectivity index (χ0v) is 19.4. The van der Waals surface area contributed by atoms with Crippen LogP contribution in [-0.2, 0) is 16.2 Å². The van der Waals surface area contributed by atoms with Crippen molar-refractivity contribution in [2.75, 3.05) is 0 Å². The summed E-state index contributed by atoms with van der Waals surface area (Å²) in [6, 6.07) is 9.18. The van der Waals surface area contributed by atoms with Gasteiger partial charge in [0.2, 0.25) is 10.0 Å². The van der Waals surface area contributed by atoms with Gasteiger partial charge in [0.1, 0.15) is 22.8 Å². The fourth-order valence-corrected chi connectivity index (χ4v) is 4.76. The molecular weight excluding hydrogens is 524 g/mol. The minimum Gasteiger partial charge on any atom is -0.291 e. The summed E-state index contributed by atoms with van der Waals surface area (Å²) in [7, 11) is -4.61. The van der Waals surface area contributed by atoms with E-state index >= 15 is 0 Å². The highest BCUT2D eigenvalue weighted by Crippen LogP contribution is 2.38. The number of fused-ring (bicyclic) bond motifs is 1. The Kier molecular flexibility index (Phi) is 6.47. The minimum atomic E-state index is -4.82. The van der Waals surface area contributed by atoms with Gasteiger partial charge in [-0.25, -0.2) is 13.4 Å². The first-order chi connectivity index (χ1) is 17.2. The van der Waals surface area contributed by atoms with Gasteiger partial charge in [-0.05, 0) is 43.3 Å². The van der Waals surface area contributed by atoms with Crippen LogP contribution in [0.3, 0.4) is 0 Å². The molecule has 4 aromatic rings. The summed E-state index contributed by atoms with van der Waals surface area (Å²) in [5.41, 5.74) is -1.02. The van der Waals surface area contributed by atoms with Crippen LogP contribution in [0.4, 0.5) is 26.3 Å². The number of halogens is 6. The van der Waals surface area contributed by atoms with Gasteiger partial charge in [-0.2, -0.15) is 36.3 Å². The van der Waals surface area contributed by atoms with Gasteiger partial charge in [0.25, 0.3) is 0 Å². The zero-order chi connectivity index (χ0) is 27.2. The van der Waals surface area contributed by atoms with Crippen LogP contribution in [0.2, 0.25) is 0 Å². The van der Waals surface area contributed by atoms with E-state index in [1.54, 1.807) is 12.1 Å². The Morgan fingerprint density at radius 2 is 1.76 bits per heavy atom.